The molecule has 1 heterocycles. The summed E-state index contributed by atoms with van der Waals surface area (Å²) in [5, 5.41) is 3.48. The van der Waals surface area contributed by atoms with Crippen LogP contribution in [0.2, 0.25) is 0 Å². The Hall–Kier alpha value is -1.81. The maximum absolute atomic E-state index is 12.3. The van der Waals surface area contributed by atoms with Crippen LogP contribution in [-0.2, 0) is 4.74 Å². The lowest BCUT2D eigenvalue weighted by atomic mass is 10.1. The molecule has 1 saturated heterocycles. The minimum atomic E-state index is -0.438. The van der Waals surface area contributed by atoms with Crippen molar-refractivity contribution in [3.05, 3.63) is 41.5 Å². The predicted octanol–water partition coefficient (Wildman–Crippen LogP) is 4.08. The van der Waals surface area contributed by atoms with Gasteiger partial charge in [0.1, 0.15) is 5.60 Å². The molecule has 1 fully saturated rings. The highest BCUT2D eigenvalue weighted by Gasteiger charge is 2.31. The zero-order valence-electron chi connectivity index (χ0n) is 15.3. The van der Waals surface area contributed by atoms with Crippen molar-refractivity contribution < 1.29 is 9.53 Å². The quantitative estimate of drug-likeness (QED) is 0.884. The third kappa shape index (κ3) is 6.00. The number of amides is 1. The highest BCUT2D eigenvalue weighted by molar-refractivity contribution is 5.69. The molecule has 0 spiro atoms. The van der Waals surface area contributed by atoms with Crippen LogP contribution in [-0.4, -0.2) is 42.3 Å². The van der Waals surface area contributed by atoms with Gasteiger partial charge in [-0.1, -0.05) is 42.0 Å². The van der Waals surface area contributed by atoms with Gasteiger partial charge in [0.2, 0.25) is 0 Å². The van der Waals surface area contributed by atoms with Crippen molar-refractivity contribution in [2.24, 2.45) is 0 Å². The van der Waals surface area contributed by atoms with Gasteiger partial charge in [0.25, 0.3) is 0 Å². The smallest absolute Gasteiger partial charge is 0.410 e. The second-order valence-corrected chi connectivity index (χ2v) is 7.50. The lowest BCUT2D eigenvalue weighted by Gasteiger charge is -2.28. The first-order chi connectivity index (χ1) is 11.3. The molecule has 0 aliphatic carbocycles. The molecule has 1 aliphatic rings. The molecule has 0 saturated carbocycles. The maximum atomic E-state index is 12.3. The van der Waals surface area contributed by atoms with Crippen LogP contribution >= 0.6 is 0 Å². The van der Waals surface area contributed by atoms with Gasteiger partial charge >= 0.3 is 6.09 Å². The maximum Gasteiger partial charge on any atom is 0.410 e. The van der Waals surface area contributed by atoms with Crippen molar-refractivity contribution in [1.29, 1.82) is 0 Å². The first kappa shape index (κ1) is 18.5. The van der Waals surface area contributed by atoms with Crippen LogP contribution in [0.4, 0.5) is 4.79 Å². The largest absolute Gasteiger partial charge is 0.444 e. The molecule has 0 aromatic heterocycles. The second kappa shape index (κ2) is 8.34. The molecule has 1 aromatic rings. The summed E-state index contributed by atoms with van der Waals surface area (Å²) in [6, 6.07) is 10.5. The molecule has 1 aliphatic heterocycles. The normalized spacial score (nSPS) is 18.8. The average molecular weight is 330 g/mol. The molecular weight excluding hydrogens is 300 g/mol. The average Bonchev–Trinajstić information content (AvgIpc) is 2.95. The Labute approximate surface area is 145 Å². The summed E-state index contributed by atoms with van der Waals surface area (Å²) in [7, 11) is 0. The summed E-state index contributed by atoms with van der Waals surface area (Å²) < 4.78 is 5.51. The number of carbonyl (C=O) groups is 1. The van der Waals surface area contributed by atoms with E-state index in [0.717, 1.165) is 32.5 Å². The van der Waals surface area contributed by atoms with E-state index in [4.69, 9.17) is 4.74 Å². The molecule has 1 N–H and O–H groups in total. The fourth-order valence-corrected chi connectivity index (χ4v) is 2.93. The number of benzene rings is 1. The first-order valence-electron chi connectivity index (χ1n) is 8.78. The van der Waals surface area contributed by atoms with Gasteiger partial charge in [-0.15, -0.1) is 0 Å². The molecule has 24 heavy (non-hydrogen) atoms. The minimum absolute atomic E-state index is 0.191. The molecule has 0 bridgehead atoms. The molecule has 2 rings (SSSR count). The Bertz CT molecular complexity index is 561. The number of likely N-dealkylation sites (tertiary alicyclic amines) is 1. The van der Waals surface area contributed by atoms with Gasteiger partial charge in [-0.25, -0.2) is 4.79 Å². The zero-order chi connectivity index (χ0) is 17.6. The molecule has 0 unspecified atom stereocenters. The lowest BCUT2D eigenvalue weighted by Crippen LogP contribution is -2.44. The van der Waals surface area contributed by atoms with Crippen molar-refractivity contribution in [2.75, 3.05) is 19.6 Å². The molecule has 132 valence electrons. The van der Waals surface area contributed by atoms with E-state index < -0.39 is 5.60 Å². The van der Waals surface area contributed by atoms with Crippen molar-refractivity contribution in [2.45, 2.75) is 52.2 Å². The van der Waals surface area contributed by atoms with Gasteiger partial charge in [0, 0.05) is 25.7 Å². The minimum Gasteiger partial charge on any atom is -0.444 e. The number of rotatable bonds is 5. The third-order valence-electron chi connectivity index (χ3n) is 4.00. The van der Waals surface area contributed by atoms with E-state index in [2.05, 4.69) is 30.4 Å². The van der Waals surface area contributed by atoms with Gasteiger partial charge in [-0.3, -0.25) is 0 Å². The Morgan fingerprint density at radius 2 is 2.04 bits per heavy atom. The lowest BCUT2D eigenvalue weighted by molar-refractivity contribution is 0.0227. The summed E-state index contributed by atoms with van der Waals surface area (Å²) in [5.41, 5.74) is 2.06. The van der Waals surface area contributed by atoms with Crippen LogP contribution in [0.25, 0.3) is 6.08 Å². The van der Waals surface area contributed by atoms with Gasteiger partial charge in [0.05, 0.1) is 0 Å². The number of ether oxygens (including phenoxy) is 1. The van der Waals surface area contributed by atoms with Crippen LogP contribution < -0.4 is 5.32 Å². The number of hydrogen-bond donors (Lipinski definition) is 1. The highest BCUT2D eigenvalue weighted by Crippen LogP contribution is 2.20. The topological polar surface area (TPSA) is 41.6 Å². The Balaban J connectivity index is 1.80. The number of carbonyl (C=O) groups excluding carboxylic acids is 1. The van der Waals surface area contributed by atoms with E-state index in [9.17, 15) is 4.79 Å². The summed E-state index contributed by atoms with van der Waals surface area (Å²) in [6.07, 6.45) is 4.08. The van der Waals surface area contributed by atoms with Crippen LogP contribution in [0.5, 0.6) is 0 Å². The van der Waals surface area contributed by atoms with Crippen LogP contribution in [0, 0.1) is 0 Å². The van der Waals surface area contributed by atoms with Crippen molar-refractivity contribution in [1.82, 2.24) is 10.2 Å². The monoisotopic (exact) mass is 330 g/mol. The standard InChI is InChI=1S/C20H30N2O2/c1-16(13-17-9-6-5-7-10-17)14-21-15-18-11-8-12-22(18)19(23)24-20(2,3)4/h5-7,9-10,13,18,21H,8,11-12,14-15H2,1-4H3/b16-13+/t18-/m1/s1. The molecule has 1 atom stereocenters. The highest BCUT2D eigenvalue weighted by atomic mass is 16.6. The molecule has 1 aromatic carbocycles. The van der Waals surface area contributed by atoms with Crippen molar-refractivity contribution >= 4 is 12.2 Å². The Morgan fingerprint density at radius 1 is 1.33 bits per heavy atom. The second-order valence-electron chi connectivity index (χ2n) is 7.50. The van der Waals surface area contributed by atoms with Gasteiger partial charge in [-0.2, -0.15) is 0 Å². The first-order valence-corrected chi connectivity index (χ1v) is 8.78. The van der Waals surface area contributed by atoms with Crippen LogP contribution in [0.1, 0.15) is 46.1 Å². The van der Waals surface area contributed by atoms with E-state index in [-0.39, 0.29) is 12.1 Å². The number of nitrogens with one attached hydrogen (secondary N) is 1. The molecule has 4 nitrogen and oxygen atoms in total. The van der Waals surface area contributed by atoms with E-state index in [0.29, 0.717) is 0 Å². The van der Waals surface area contributed by atoms with Gasteiger partial charge < -0.3 is 15.0 Å². The molecule has 4 heteroatoms. The SMILES string of the molecule is C/C(=C\c1ccccc1)CNC[C@H]1CCCN1C(=O)OC(C)(C)C. The summed E-state index contributed by atoms with van der Waals surface area (Å²) >= 11 is 0. The van der Waals surface area contributed by atoms with Crippen LogP contribution in [0.3, 0.4) is 0 Å². The fraction of sp³-hybridized carbons (Fsp3) is 0.550. The van der Waals surface area contributed by atoms with E-state index in [1.54, 1.807) is 0 Å². The van der Waals surface area contributed by atoms with Crippen molar-refractivity contribution in [3.8, 4) is 0 Å². The molecule has 0 radical (unpaired) electrons. The third-order valence-corrected chi connectivity index (χ3v) is 4.00. The van der Waals surface area contributed by atoms with Crippen LogP contribution in [0.15, 0.2) is 35.9 Å². The number of hydrogen-bond acceptors (Lipinski definition) is 3. The summed E-state index contributed by atoms with van der Waals surface area (Å²) in [4.78, 5) is 14.1. The van der Waals surface area contributed by atoms with E-state index in [1.165, 1.54) is 11.1 Å². The van der Waals surface area contributed by atoms with E-state index >= 15 is 0 Å². The van der Waals surface area contributed by atoms with Gasteiger partial charge in [-0.05, 0) is 46.1 Å². The zero-order valence-corrected chi connectivity index (χ0v) is 15.3. The Morgan fingerprint density at radius 3 is 2.71 bits per heavy atom. The number of nitrogens with zero attached hydrogens (tertiary/aromatic N) is 1. The van der Waals surface area contributed by atoms with Crippen molar-refractivity contribution in [3.63, 3.8) is 0 Å². The van der Waals surface area contributed by atoms with E-state index in [1.807, 2.05) is 43.9 Å². The Kier molecular flexibility index (Phi) is 6.44. The molecular formula is C20H30N2O2. The fourth-order valence-electron chi connectivity index (χ4n) is 2.93. The predicted molar refractivity (Wildman–Crippen MR) is 98.9 cm³/mol. The summed E-state index contributed by atoms with van der Waals surface area (Å²) in [6.45, 7) is 10.3. The van der Waals surface area contributed by atoms with Gasteiger partial charge in [0.15, 0.2) is 0 Å². The summed E-state index contributed by atoms with van der Waals surface area (Å²) in [5.74, 6) is 0. The molecule has 1 amide bonds.